The number of rotatable bonds is 4. The first-order valence-electron chi connectivity index (χ1n) is 7.73. The van der Waals surface area contributed by atoms with Crippen LogP contribution in [0.25, 0.3) is 10.9 Å². The number of hydrogen-bond donors (Lipinski definition) is 1. The first-order valence-corrected chi connectivity index (χ1v) is 8.11. The van der Waals surface area contributed by atoms with Crippen molar-refractivity contribution in [1.29, 1.82) is 0 Å². The highest BCUT2D eigenvalue weighted by Crippen LogP contribution is 2.18. The van der Waals surface area contributed by atoms with E-state index >= 15 is 0 Å². The van der Waals surface area contributed by atoms with Crippen molar-refractivity contribution < 1.29 is 0 Å². The predicted octanol–water partition coefficient (Wildman–Crippen LogP) is 2.71. The zero-order valence-corrected chi connectivity index (χ0v) is 13.9. The number of nitrogens with one attached hydrogen (secondary N) is 1. The summed E-state index contributed by atoms with van der Waals surface area (Å²) in [6.45, 7) is 2.84. The lowest BCUT2D eigenvalue weighted by Crippen LogP contribution is -2.37. The molecule has 5 heteroatoms. The van der Waals surface area contributed by atoms with Gasteiger partial charge in [-0.15, -0.1) is 0 Å². The number of likely N-dealkylation sites (tertiary alicyclic amines) is 1. The van der Waals surface area contributed by atoms with Crippen molar-refractivity contribution >= 4 is 22.5 Å². The first-order chi connectivity index (χ1) is 10.5. The minimum Gasteiger partial charge on any atom is -0.322 e. The van der Waals surface area contributed by atoms with Gasteiger partial charge in [0.25, 0.3) is 5.56 Å². The van der Waals surface area contributed by atoms with Crippen LogP contribution in [0.4, 0.5) is 0 Å². The van der Waals surface area contributed by atoms with Crippen molar-refractivity contribution in [3.63, 3.8) is 0 Å². The third-order valence-corrected chi connectivity index (χ3v) is 4.75. The predicted molar refractivity (Wildman–Crippen MR) is 91.6 cm³/mol. The molecule has 1 fully saturated rings. The van der Waals surface area contributed by atoms with Crippen LogP contribution in [0.3, 0.4) is 0 Å². The highest BCUT2D eigenvalue weighted by Gasteiger charge is 2.22. The molecule has 2 heterocycles. The van der Waals surface area contributed by atoms with Gasteiger partial charge >= 0.3 is 0 Å². The Bertz CT molecular complexity index is 727. The number of benzene rings is 1. The monoisotopic (exact) mass is 319 g/mol. The average Bonchev–Trinajstić information content (AvgIpc) is 2.85. The minimum absolute atomic E-state index is 0.0265. The highest BCUT2D eigenvalue weighted by molar-refractivity contribution is 6.31. The summed E-state index contributed by atoms with van der Waals surface area (Å²) in [6.07, 6.45) is 2.51. The van der Waals surface area contributed by atoms with Gasteiger partial charge in [0.15, 0.2) is 0 Å². The Morgan fingerprint density at radius 3 is 2.95 bits per heavy atom. The summed E-state index contributed by atoms with van der Waals surface area (Å²) in [5.41, 5.74) is 1.57. The van der Waals surface area contributed by atoms with Crippen LogP contribution in [0, 0.1) is 0 Å². The van der Waals surface area contributed by atoms with Crippen LogP contribution in [0.5, 0.6) is 0 Å². The Morgan fingerprint density at radius 1 is 1.41 bits per heavy atom. The van der Waals surface area contributed by atoms with E-state index < -0.39 is 0 Å². The van der Waals surface area contributed by atoms with E-state index in [-0.39, 0.29) is 5.56 Å². The Labute approximate surface area is 135 Å². The van der Waals surface area contributed by atoms with E-state index in [0.717, 1.165) is 23.0 Å². The van der Waals surface area contributed by atoms with Crippen LogP contribution < -0.4 is 5.56 Å². The summed E-state index contributed by atoms with van der Waals surface area (Å²) < 4.78 is 0. The molecule has 118 valence electrons. The lowest BCUT2D eigenvalue weighted by molar-refractivity contribution is 0.215. The number of hydrogen-bond acceptors (Lipinski definition) is 3. The Morgan fingerprint density at radius 2 is 2.23 bits per heavy atom. The SMILES string of the molecule is CN(Cc1cc2ccc(Cl)cc2[nH]c1=O)CC1CCCN1C. The van der Waals surface area contributed by atoms with Gasteiger partial charge in [-0.1, -0.05) is 17.7 Å². The summed E-state index contributed by atoms with van der Waals surface area (Å²) in [6, 6.07) is 8.16. The molecule has 1 aromatic heterocycles. The van der Waals surface area contributed by atoms with E-state index in [4.69, 9.17) is 11.6 Å². The molecule has 3 rings (SSSR count). The number of aromatic nitrogens is 1. The molecule has 1 aromatic carbocycles. The highest BCUT2D eigenvalue weighted by atomic mass is 35.5. The van der Waals surface area contributed by atoms with Crippen LogP contribution in [-0.2, 0) is 6.54 Å². The maximum Gasteiger partial charge on any atom is 0.252 e. The van der Waals surface area contributed by atoms with E-state index in [9.17, 15) is 4.79 Å². The Balaban J connectivity index is 1.76. The van der Waals surface area contributed by atoms with Crippen LogP contribution in [0.15, 0.2) is 29.1 Å². The lowest BCUT2D eigenvalue weighted by Gasteiger charge is -2.25. The summed E-state index contributed by atoms with van der Waals surface area (Å²) in [7, 11) is 4.26. The molecular formula is C17H22ClN3O. The average molecular weight is 320 g/mol. The topological polar surface area (TPSA) is 39.3 Å². The van der Waals surface area contributed by atoms with Gasteiger partial charge in [-0.05, 0) is 57.1 Å². The summed E-state index contributed by atoms with van der Waals surface area (Å²) >= 11 is 5.97. The fraction of sp³-hybridized carbons (Fsp3) is 0.471. The molecule has 0 saturated carbocycles. The van der Waals surface area contributed by atoms with E-state index in [1.165, 1.54) is 19.4 Å². The van der Waals surface area contributed by atoms with Gasteiger partial charge in [0.2, 0.25) is 0 Å². The molecule has 0 bridgehead atoms. The smallest absolute Gasteiger partial charge is 0.252 e. The number of likely N-dealkylation sites (N-methyl/N-ethyl adjacent to an activating group) is 2. The molecule has 1 unspecified atom stereocenters. The maximum atomic E-state index is 12.2. The molecule has 1 aliphatic heterocycles. The number of fused-ring (bicyclic) bond motifs is 1. The van der Waals surface area contributed by atoms with Crippen molar-refractivity contribution in [1.82, 2.24) is 14.8 Å². The van der Waals surface area contributed by atoms with E-state index in [2.05, 4.69) is 28.9 Å². The number of pyridine rings is 1. The Kier molecular flexibility index (Phi) is 4.52. The largest absolute Gasteiger partial charge is 0.322 e. The van der Waals surface area contributed by atoms with Crippen LogP contribution in [-0.4, -0.2) is 48.0 Å². The maximum absolute atomic E-state index is 12.2. The summed E-state index contributed by atoms with van der Waals surface area (Å²) in [5.74, 6) is 0. The van der Waals surface area contributed by atoms with E-state index in [1.54, 1.807) is 6.07 Å². The van der Waals surface area contributed by atoms with Gasteiger partial charge in [-0.25, -0.2) is 0 Å². The molecule has 1 N–H and O–H groups in total. The summed E-state index contributed by atoms with van der Waals surface area (Å²) in [5, 5.41) is 1.66. The van der Waals surface area contributed by atoms with Gasteiger partial charge < -0.3 is 14.8 Å². The fourth-order valence-electron chi connectivity index (χ4n) is 3.26. The lowest BCUT2D eigenvalue weighted by atomic mass is 10.1. The van der Waals surface area contributed by atoms with Crippen molar-refractivity contribution in [3.05, 3.63) is 45.2 Å². The standard InChI is InChI=1S/C17H22ClN3O/c1-20(11-15-4-3-7-21(15)2)10-13-8-12-5-6-14(18)9-16(12)19-17(13)22/h5-6,8-9,15H,3-4,7,10-11H2,1-2H3,(H,19,22). The van der Waals surface area contributed by atoms with Crippen LogP contribution in [0.2, 0.25) is 5.02 Å². The minimum atomic E-state index is -0.0265. The number of H-pyrrole nitrogens is 1. The van der Waals surface area contributed by atoms with Crippen molar-refractivity contribution in [2.75, 3.05) is 27.2 Å². The fourth-order valence-corrected chi connectivity index (χ4v) is 3.43. The molecule has 0 radical (unpaired) electrons. The van der Waals surface area contributed by atoms with Gasteiger partial charge in [0, 0.05) is 35.2 Å². The normalized spacial score (nSPS) is 19.4. The van der Waals surface area contributed by atoms with Crippen molar-refractivity contribution in [3.8, 4) is 0 Å². The molecule has 0 aliphatic carbocycles. The second kappa shape index (κ2) is 6.41. The molecule has 0 spiro atoms. The van der Waals surface area contributed by atoms with E-state index in [0.29, 0.717) is 17.6 Å². The molecule has 0 amide bonds. The summed E-state index contributed by atoms with van der Waals surface area (Å²) in [4.78, 5) is 19.8. The van der Waals surface area contributed by atoms with Gasteiger partial charge in [-0.2, -0.15) is 0 Å². The number of nitrogens with zero attached hydrogens (tertiary/aromatic N) is 2. The van der Waals surface area contributed by atoms with Crippen molar-refractivity contribution in [2.24, 2.45) is 0 Å². The first kappa shape index (κ1) is 15.5. The molecular weight excluding hydrogens is 298 g/mol. The van der Waals surface area contributed by atoms with E-state index in [1.807, 2.05) is 18.2 Å². The molecule has 2 aromatic rings. The van der Waals surface area contributed by atoms with Gasteiger partial charge in [0.05, 0.1) is 0 Å². The zero-order chi connectivity index (χ0) is 15.7. The van der Waals surface area contributed by atoms with Gasteiger partial charge in [-0.3, -0.25) is 4.79 Å². The van der Waals surface area contributed by atoms with Crippen LogP contribution >= 0.6 is 11.6 Å². The Hall–Kier alpha value is -1.36. The molecule has 1 aliphatic rings. The third kappa shape index (κ3) is 3.35. The second-order valence-electron chi connectivity index (χ2n) is 6.33. The number of aromatic amines is 1. The zero-order valence-electron chi connectivity index (χ0n) is 13.1. The second-order valence-corrected chi connectivity index (χ2v) is 6.77. The molecule has 4 nitrogen and oxygen atoms in total. The molecule has 22 heavy (non-hydrogen) atoms. The quantitative estimate of drug-likeness (QED) is 0.942. The van der Waals surface area contributed by atoms with Gasteiger partial charge in [0.1, 0.15) is 0 Å². The number of halogens is 1. The third-order valence-electron chi connectivity index (χ3n) is 4.52. The molecule has 1 atom stereocenters. The molecule has 1 saturated heterocycles. The van der Waals surface area contributed by atoms with Crippen molar-refractivity contribution in [2.45, 2.75) is 25.4 Å². The van der Waals surface area contributed by atoms with Crippen LogP contribution in [0.1, 0.15) is 18.4 Å².